The summed E-state index contributed by atoms with van der Waals surface area (Å²) in [6.45, 7) is 3.36. The van der Waals surface area contributed by atoms with Gasteiger partial charge in [0.25, 0.3) is 5.91 Å². The van der Waals surface area contributed by atoms with E-state index in [9.17, 15) is 4.79 Å². The van der Waals surface area contributed by atoms with Crippen LogP contribution in [0.5, 0.6) is 0 Å². The zero-order valence-corrected chi connectivity index (χ0v) is 12.1. The Morgan fingerprint density at radius 2 is 2.22 bits per heavy atom. The van der Waals surface area contributed by atoms with E-state index < -0.39 is 0 Å². The molecule has 0 spiro atoms. The number of rotatable bonds is 4. The quantitative estimate of drug-likeness (QED) is 0.869. The first kappa shape index (κ1) is 13.6. The van der Waals surface area contributed by atoms with Crippen molar-refractivity contribution in [3.05, 3.63) is 23.7 Å². The van der Waals surface area contributed by atoms with E-state index in [1.54, 1.807) is 12.3 Å². The molecular formula is C13H18BrNO3. The van der Waals surface area contributed by atoms with Gasteiger partial charge in [0.1, 0.15) is 5.76 Å². The van der Waals surface area contributed by atoms with Crippen molar-refractivity contribution in [2.45, 2.75) is 31.7 Å². The number of furan rings is 1. The van der Waals surface area contributed by atoms with Crippen LogP contribution in [0.3, 0.4) is 0 Å². The predicted molar refractivity (Wildman–Crippen MR) is 72.1 cm³/mol. The van der Waals surface area contributed by atoms with Gasteiger partial charge in [0.05, 0.1) is 17.4 Å². The molecule has 1 N–H and O–H groups in total. The van der Waals surface area contributed by atoms with Gasteiger partial charge in [-0.2, -0.15) is 0 Å². The van der Waals surface area contributed by atoms with Crippen LogP contribution in [0.15, 0.2) is 16.7 Å². The number of carbonyl (C=O) groups is 1. The molecule has 0 saturated carbocycles. The number of alkyl halides is 1. The lowest BCUT2D eigenvalue weighted by Gasteiger charge is -2.36. The minimum atomic E-state index is -0.197. The molecule has 1 aromatic heterocycles. The van der Waals surface area contributed by atoms with E-state index in [-0.39, 0.29) is 11.4 Å². The highest BCUT2D eigenvalue weighted by molar-refractivity contribution is 9.09. The Morgan fingerprint density at radius 3 is 2.83 bits per heavy atom. The van der Waals surface area contributed by atoms with Gasteiger partial charge in [-0.25, -0.2) is 0 Å². The third-order valence-electron chi connectivity index (χ3n) is 3.40. The molecule has 18 heavy (non-hydrogen) atoms. The SMILES string of the molecule is CCc1occc1C(=O)NC1(CBr)CCOCC1. The van der Waals surface area contributed by atoms with Crippen LogP contribution < -0.4 is 5.32 Å². The van der Waals surface area contributed by atoms with Crippen LogP contribution in [-0.2, 0) is 11.2 Å². The molecule has 4 nitrogen and oxygen atoms in total. The standard InChI is InChI=1S/C13H18BrNO3/c1-2-11-10(3-6-18-11)12(16)15-13(9-14)4-7-17-8-5-13/h3,6H,2,4-5,7-9H2,1H3,(H,15,16). The first-order chi connectivity index (χ1) is 8.71. The third kappa shape index (κ3) is 2.78. The fourth-order valence-electron chi connectivity index (χ4n) is 2.18. The van der Waals surface area contributed by atoms with E-state index >= 15 is 0 Å². The molecule has 0 radical (unpaired) electrons. The van der Waals surface area contributed by atoms with Crippen molar-refractivity contribution >= 4 is 21.8 Å². The van der Waals surface area contributed by atoms with E-state index in [1.165, 1.54) is 0 Å². The summed E-state index contributed by atoms with van der Waals surface area (Å²) in [5.41, 5.74) is 0.446. The first-order valence-electron chi connectivity index (χ1n) is 6.23. The smallest absolute Gasteiger partial charge is 0.255 e. The maximum atomic E-state index is 12.3. The van der Waals surface area contributed by atoms with E-state index in [0.29, 0.717) is 18.8 Å². The van der Waals surface area contributed by atoms with Gasteiger partial charge in [-0.05, 0) is 18.9 Å². The summed E-state index contributed by atoms with van der Waals surface area (Å²) in [5.74, 6) is 0.686. The van der Waals surface area contributed by atoms with Gasteiger partial charge in [-0.15, -0.1) is 0 Å². The summed E-state index contributed by atoms with van der Waals surface area (Å²) in [4.78, 5) is 12.3. The van der Waals surface area contributed by atoms with Crippen LogP contribution >= 0.6 is 15.9 Å². The maximum absolute atomic E-state index is 12.3. The zero-order chi connectivity index (χ0) is 13.0. The third-order valence-corrected chi connectivity index (χ3v) is 4.47. The van der Waals surface area contributed by atoms with Crippen LogP contribution in [0.2, 0.25) is 0 Å². The van der Waals surface area contributed by atoms with Crippen LogP contribution in [-0.4, -0.2) is 30.0 Å². The summed E-state index contributed by atoms with van der Waals surface area (Å²) in [5, 5.41) is 3.88. The van der Waals surface area contributed by atoms with E-state index in [0.717, 1.165) is 30.4 Å². The number of carbonyl (C=O) groups excluding carboxylic acids is 1. The molecule has 100 valence electrons. The van der Waals surface area contributed by atoms with E-state index in [1.807, 2.05) is 6.92 Å². The van der Waals surface area contributed by atoms with Crippen LogP contribution in [0.25, 0.3) is 0 Å². The number of ether oxygens (including phenoxy) is 1. The van der Waals surface area contributed by atoms with Gasteiger partial charge in [0, 0.05) is 25.0 Å². The molecule has 0 aliphatic carbocycles. The molecular weight excluding hydrogens is 298 g/mol. The molecule has 2 heterocycles. The van der Waals surface area contributed by atoms with Crippen molar-refractivity contribution in [1.82, 2.24) is 5.32 Å². The van der Waals surface area contributed by atoms with Gasteiger partial charge in [0.2, 0.25) is 0 Å². The molecule has 0 unspecified atom stereocenters. The Morgan fingerprint density at radius 1 is 1.50 bits per heavy atom. The van der Waals surface area contributed by atoms with Gasteiger partial charge >= 0.3 is 0 Å². The summed E-state index contributed by atoms with van der Waals surface area (Å²) in [6, 6.07) is 1.73. The maximum Gasteiger partial charge on any atom is 0.255 e. The average Bonchev–Trinajstić information content (AvgIpc) is 2.88. The zero-order valence-electron chi connectivity index (χ0n) is 10.5. The van der Waals surface area contributed by atoms with Crippen molar-refractivity contribution in [1.29, 1.82) is 0 Å². The fourth-order valence-corrected chi connectivity index (χ4v) is 2.88. The lowest BCUT2D eigenvalue weighted by molar-refractivity contribution is 0.0441. The number of nitrogens with one attached hydrogen (secondary N) is 1. The van der Waals surface area contributed by atoms with Crippen LogP contribution in [0.1, 0.15) is 35.9 Å². The molecule has 2 rings (SSSR count). The molecule has 1 fully saturated rings. The number of amides is 1. The molecule has 0 bridgehead atoms. The van der Waals surface area contributed by atoms with Gasteiger partial charge in [0.15, 0.2) is 0 Å². The van der Waals surface area contributed by atoms with Gasteiger partial charge in [-0.1, -0.05) is 22.9 Å². The van der Waals surface area contributed by atoms with Gasteiger partial charge in [-0.3, -0.25) is 4.79 Å². The lowest BCUT2D eigenvalue weighted by Crippen LogP contribution is -2.53. The number of hydrogen-bond donors (Lipinski definition) is 1. The summed E-state index contributed by atoms with van der Waals surface area (Å²) >= 11 is 3.50. The molecule has 1 aliphatic rings. The van der Waals surface area contributed by atoms with Gasteiger partial charge < -0.3 is 14.5 Å². The summed E-state index contributed by atoms with van der Waals surface area (Å²) in [6.07, 6.45) is 3.96. The topological polar surface area (TPSA) is 51.5 Å². The molecule has 1 saturated heterocycles. The highest BCUT2D eigenvalue weighted by atomic mass is 79.9. The normalized spacial score (nSPS) is 18.6. The largest absolute Gasteiger partial charge is 0.469 e. The first-order valence-corrected chi connectivity index (χ1v) is 7.35. The van der Waals surface area contributed by atoms with Crippen molar-refractivity contribution in [3.63, 3.8) is 0 Å². The Balaban J connectivity index is 2.10. The number of aryl methyl sites for hydroxylation is 1. The van der Waals surface area contributed by atoms with Crippen molar-refractivity contribution in [2.24, 2.45) is 0 Å². The highest BCUT2D eigenvalue weighted by Gasteiger charge is 2.34. The number of halogens is 1. The molecule has 0 aromatic carbocycles. The minimum absolute atomic E-state index is 0.0537. The van der Waals surface area contributed by atoms with Crippen molar-refractivity contribution in [2.75, 3.05) is 18.5 Å². The summed E-state index contributed by atoms with van der Waals surface area (Å²) in [7, 11) is 0. The second-order valence-corrected chi connectivity index (χ2v) is 5.15. The molecule has 0 atom stereocenters. The summed E-state index contributed by atoms with van der Waals surface area (Å²) < 4.78 is 10.6. The molecule has 5 heteroatoms. The molecule has 1 amide bonds. The predicted octanol–water partition coefficient (Wildman–Crippen LogP) is 2.52. The van der Waals surface area contributed by atoms with Crippen molar-refractivity contribution < 1.29 is 13.9 Å². The Hall–Kier alpha value is -0.810. The Kier molecular flexibility index (Phi) is 4.45. The Bertz CT molecular complexity index is 410. The minimum Gasteiger partial charge on any atom is -0.469 e. The number of hydrogen-bond acceptors (Lipinski definition) is 3. The van der Waals surface area contributed by atoms with Crippen LogP contribution in [0, 0.1) is 0 Å². The second-order valence-electron chi connectivity index (χ2n) is 4.59. The lowest BCUT2D eigenvalue weighted by atomic mass is 9.92. The highest BCUT2D eigenvalue weighted by Crippen LogP contribution is 2.24. The van der Waals surface area contributed by atoms with Crippen LogP contribution in [0.4, 0.5) is 0 Å². The van der Waals surface area contributed by atoms with E-state index in [4.69, 9.17) is 9.15 Å². The molecule has 1 aliphatic heterocycles. The van der Waals surface area contributed by atoms with E-state index in [2.05, 4.69) is 21.2 Å². The van der Waals surface area contributed by atoms with Crippen molar-refractivity contribution in [3.8, 4) is 0 Å². The molecule has 1 aromatic rings. The monoisotopic (exact) mass is 315 g/mol. The Labute approximate surface area is 115 Å². The fraction of sp³-hybridized carbons (Fsp3) is 0.615. The second kappa shape index (κ2) is 5.89. The average molecular weight is 316 g/mol.